The molecule has 0 aliphatic rings. The Hall–Kier alpha value is -2.15. The normalized spacial score (nSPS) is 11.8. The minimum atomic E-state index is -3.84. The first-order chi connectivity index (χ1) is 16.7. The van der Waals surface area contributed by atoms with E-state index in [0.717, 1.165) is 40.6 Å². The number of aromatic nitrogens is 2. The van der Waals surface area contributed by atoms with E-state index in [1.54, 1.807) is 0 Å². The van der Waals surface area contributed by atoms with Crippen LogP contribution in [0.4, 0.5) is 0 Å². The second-order valence-corrected chi connectivity index (χ2v) is 11.6. The van der Waals surface area contributed by atoms with Crippen LogP contribution in [-0.4, -0.2) is 29.1 Å². The Labute approximate surface area is 211 Å². The molecule has 35 heavy (non-hydrogen) atoms. The third kappa shape index (κ3) is 7.66. The Bertz CT molecular complexity index is 1110. The Balaban J connectivity index is 2.21. The average Bonchev–Trinajstić information content (AvgIpc) is 2.82. The van der Waals surface area contributed by atoms with E-state index in [9.17, 15) is 18.3 Å². The summed E-state index contributed by atoms with van der Waals surface area (Å²) in [5.41, 5.74) is 3.08. The number of benzene rings is 1. The summed E-state index contributed by atoms with van der Waals surface area (Å²) in [4.78, 5) is 13.1. The molecule has 6 nitrogen and oxygen atoms in total. The summed E-state index contributed by atoms with van der Waals surface area (Å²) in [7, 11) is -2.40. The number of hydrogen-bond acceptors (Lipinski definition) is 5. The van der Waals surface area contributed by atoms with Gasteiger partial charge in [0.2, 0.25) is 14.9 Å². The van der Waals surface area contributed by atoms with Gasteiger partial charge in [-0.25, -0.2) is 13.1 Å². The van der Waals surface area contributed by atoms with Crippen LogP contribution in [0, 0.1) is 6.92 Å². The lowest BCUT2D eigenvalue weighted by Crippen LogP contribution is -2.26. The number of sulfone groups is 1. The van der Waals surface area contributed by atoms with Gasteiger partial charge in [0.1, 0.15) is 0 Å². The zero-order valence-corrected chi connectivity index (χ0v) is 23.1. The topological polar surface area (TPSA) is 89.3 Å². The van der Waals surface area contributed by atoms with Gasteiger partial charge in [0, 0.05) is 7.05 Å². The first kappa shape index (κ1) is 29.1. The second-order valence-electron chi connectivity index (χ2n) is 9.62. The van der Waals surface area contributed by atoms with Crippen LogP contribution in [0.15, 0.2) is 22.0 Å². The molecule has 0 radical (unpaired) electrons. The summed E-state index contributed by atoms with van der Waals surface area (Å²) in [5, 5.41) is 14.7. The molecule has 0 atom stereocenters. The molecule has 7 heteroatoms. The van der Waals surface area contributed by atoms with E-state index in [1.807, 2.05) is 32.9 Å². The summed E-state index contributed by atoms with van der Waals surface area (Å²) < 4.78 is 27.4. The maximum absolute atomic E-state index is 13.2. The maximum atomic E-state index is 13.2. The molecule has 1 aromatic carbocycles. The van der Waals surface area contributed by atoms with Crippen molar-refractivity contribution < 1.29 is 13.5 Å². The highest BCUT2D eigenvalue weighted by atomic mass is 32.2. The zero-order chi connectivity index (χ0) is 26.0. The number of rotatable bonds is 15. The molecule has 0 amide bonds. The highest BCUT2D eigenvalue weighted by Gasteiger charge is 2.28. The van der Waals surface area contributed by atoms with Gasteiger partial charge >= 0.3 is 0 Å². The minimum Gasteiger partial charge on any atom is -0.504 e. The van der Waals surface area contributed by atoms with Crippen molar-refractivity contribution in [2.45, 2.75) is 110 Å². The largest absolute Gasteiger partial charge is 0.504 e. The van der Waals surface area contributed by atoms with Crippen molar-refractivity contribution in [1.82, 2.24) is 9.78 Å². The quantitative estimate of drug-likeness (QED) is 0.288. The third-order valence-corrected chi connectivity index (χ3v) is 8.40. The molecule has 0 aliphatic carbocycles. The smallest absolute Gasteiger partial charge is 0.278 e. The van der Waals surface area contributed by atoms with E-state index in [0.29, 0.717) is 24.8 Å². The maximum Gasteiger partial charge on any atom is 0.278 e. The fraction of sp³-hybridized carbons (Fsp3) is 0.643. The van der Waals surface area contributed by atoms with Crippen LogP contribution in [0.5, 0.6) is 5.75 Å². The molecule has 1 aromatic heterocycles. The van der Waals surface area contributed by atoms with E-state index in [2.05, 4.69) is 12.0 Å². The minimum absolute atomic E-state index is 0.0397. The van der Waals surface area contributed by atoms with Gasteiger partial charge in [0.05, 0.1) is 11.3 Å². The lowest BCUT2D eigenvalue weighted by molar-refractivity contribution is 0.440. The molecule has 0 saturated carbocycles. The van der Waals surface area contributed by atoms with Crippen molar-refractivity contribution in [2.24, 2.45) is 7.05 Å². The average molecular weight is 505 g/mol. The van der Waals surface area contributed by atoms with E-state index < -0.39 is 26.2 Å². The van der Waals surface area contributed by atoms with Gasteiger partial charge in [-0.2, -0.15) is 5.10 Å². The van der Waals surface area contributed by atoms with Gasteiger partial charge in [-0.1, -0.05) is 96.3 Å². The van der Waals surface area contributed by atoms with Gasteiger partial charge in [-0.15, -0.1) is 0 Å². The van der Waals surface area contributed by atoms with Crippen molar-refractivity contribution in [3.63, 3.8) is 0 Å². The van der Waals surface area contributed by atoms with Crippen LogP contribution in [0.3, 0.4) is 0 Å². The Kier molecular flexibility index (Phi) is 11.5. The highest BCUT2D eigenvalue weighted by molar-refractivity contribution is 7.91. The first-order valence-corrected chi connectivity index (χ1v) is 15.0. The Morgan fingerprint density at radius 2 is 1.31 bits per heavy atom. The van der Waals surface area contributed by atoms with Gasteiger partial charge < -0.3 is 5.11 Å². The standard InChI is InChI=1S/C28H44N2O4S/c1-6-9-10-11-12-13-14-15-16-17-18-35(33,34)27-26(31)25(28(32)30(5)29-27)24-22(7-2)19-21(4)20-23(24)8-3/h19-20,31H,6-18H2,1-5H3. The van der Waals surface area contributed by atoms with Gasteiger partial charge in [0.25, 0.3) is 5.56 Å². The Morgan fingerprint density at radius 1 is 0.829 bits per heavy atom. The second kappa shape index (κ2) is 13.8. The molecule has 196 valence electrons. The van der Waals surface area contributed by atoms with Gasteiger partial charge in [0.15, 0.2) is 5.75 Å². The molecule has 0 aliphatic heterocycles. The van der Waals surface area contributed by atoms with Crippen molar-refractivity contribution >= 4 is 9.84 Å². The fourth-order valence-corrected chi connectivity index (χ4v) is 6.15. The predicted octanol–water partition coefficient (Wildman–Crippen LogP) is 6.28. The van der Waals surface area contributed by atoms with E-state index in [4.69, 9.17) is 0 Å². The monoisotopic (exact) mass is 504 g/mol. The third-order valence-electron chi connectivity index (χ3n) is 6.71. The molecular formula is C28H44N2O4S. The molecule has 2 aromatic rings. The summed E-state index contributed by atoms with van der Waals surface area (Å²) in [6.45, 7) is 8.19. The molecular weight excluding hydrogens is 460 g/mol. The van der Waals surface area contributed by atoms with Crippen LogP contribution in [-0.2, 0) is 29.7 Å². The number of aromatic hydroxyl groups is 1. The van der Waals surface area contributed by atoms with Crippen LogP contribution in [0.1, 0.15) is 102 Å². The van der Waals surface area contributed by atoms with Crippen molar-refractivity contribution in [3.05, 3.63) is 39.2 Å². The summed E-state index contributed by atoms with van der Waals surface area (Å²) in [5.74, 6) is -0.606. The fourth-order valence-electron chi connectivity index (χ4n) is 4.73. The highest BCUT2D eigenvalue weighted by Crippen LogP contribution is 2.36. The molecule has 1 N–H and O–H groups in total. The SMILES string of the molecule is CCCCCCCCCCCCS(=O)(=O)c1nn(C)c(=O)c(-c2c(CC)cc(C)cc2CC)c1O. The lowest BCUT2D eigenvalue weighted by atomic mass is 9.90. The molecule has 0 unspecified atom stereocenters. The van der Waals surface area contributed by atoms with Crippen LogP contribution in [0.2, 0.25) is 0 Å². The van der Waals surface area contributed by atoms with Crippen LogP contribution in [0.25, 0.3) is 11.1 Å². The van der Waals surface area contributed by atoms with Crippen LogP contribution < -0.4 is 5.56 Å². The summed E-state index contributed by atoms with van der Waals surface area (Å²) >= 11 is 0. The molecule has 0 bridgehead atoms. The van der Waals surface area contributed by atoms with E-state index >= 15 is 0 Å². The molecule has 1 heterocycles. The van der Waals surface area contributed by atoms with Gasteiger partial charge in [-0.05, 0) is 42.9 Å². The Morgan fingerprint density at radius 3 is 1.80 bits per heavy atom. The number of hydrogen-bond donors (Lipinski definition) is 1. The molecule has 2 rings (SSSR count). The predicted molar refractivity (Wildman–Crippen MR) is 144 cm³/mol. The number of nitrogens with zero attached hydrogens (tertiary/aromatic N) is 2. The number of aryl methyl sites for hydroxylation is 4. The first-order valence-electron chi connectivity index (χ1n) is 13.3. The lowest BCUT2D eigenvalue weighted by Gasteiger charge is -2.17. The van der Waals surface area contributed by atoms with Crippen molar-refractivity contribution in [2.75, 3.05) is 5.75 Å². The summed E-state index contributed by atoms with van der Waals surface area (Å²) in [6, 6.07) is 3.98. The van der Waals surface area contributed by atoms with E-state index in [1.165, 1.54) is 45.6 Å². The molecule has 0 fully saturated rings. The van der Waals surface area contributed by atoms with Gasteiger partial charge in [-0.3, -0.25) is 4.79 Å². The van der Waals surface area contributed by atoms with Crippen LogP contribution >= 0.6 is 0 Å². The molecule has 0 spiro atoms. The zero-order valence-electron chi connectivity index (χ0n) is 22.3. The molecule has 0 saturated heterocycles. The number of unbranched alkanes of at least 4 members (excludes halogenated alkanes) is 9. The van der Waals surface area contributed by atoms with Crippen molar-refractivity contribution in [1.29, 1.82) is 0 Å². The summed E-state index contributed by atoms with van der Waals surface area (Å²) in [6.07, 6.45) is 12.4. The van der Waals surface area contributed by atoms with Crippen molar-refractivity contribution in [3.8, 4) is 16.9 Å². The van der Waals surface area contributed by atoms with E-state index in [-0.39, 0.29) is 11.3 Å².